The van der Waals surface area contributed by atoms with E-state index in [9.17, 15) is 9.59 Å². The van der Waals surface area contributed by atoms with Crippen molar-refractivity contribution in [3.63, 3.8) is 0 Å². The van der Waals surface area contributed by atoms with Gasteiger partial charge in [0.1, 0.15) is 5.56 Å². The van der Waals surface area contributed by atoms with Gasteiger partial charge in [0.15, 0.2) is 0 Å². The first kappa shape index (κ1) is 15.0. The summed E-state index contributed by atoms with van der Waals surface area (Å²) in [7, 11) is 1.79. The van der Waals surface area contributed by atoms with Gasteiger partial charge in [-0.1, -0.05) is 35.9 Å². The quantitative estimate of drug-likeness (QED) is 0.682. The Morgan fingerprint density at radius 1 is 1.12 bits per heavy atom. The first-order valence-corrected chi connectivity index (χ1v) is 8.13. The van der Waals surface area contributed by atoms with E-state index in [1.807, 2.05) is 24.3 Å². The Balaban J connectivity index is 1.88. The summed E-state index contributed by atoms with van der Waals surface area (Å²) in [4.78, 5) is 27.5. The largest absolute Gasteiger partial charge is 0.348 e. The van der Waals surface area contributed by atoms with Crippen LogP contribution in [-0.4, -0.2) is 17.0 Å². The number of hydrogen-bond acceptors (Lipinski definition) is 2. The standard InChI is InChI=1S/C19H15ClN2O2/c1-21-11-14(18(23)13-6-4-7-15(20)17(13)21)19(24)22-10-9-12-5-2-3-8-16(12)22/h2-8,11H,9-10H2,1H3. The third-order valence-electron chi connectivity index (χ3n) is 4.51. The van der Waals surface area contributed by atoms with Gasteiger partial charge in [-0.2, -0.15) is 0 Å². The van der Waals surface area contributed by atoms with Gasteiger partial charge in [0.25, 0.3) is 5.91 Å². The molecule has 0 N–H and O–H groups in total. The van der Waals surface area contributed by atoms with Gasteiger partial charge in [0.05, 0.1) is 10.5 Å². The molecule has 0 unspecified atom stereocenters. The highest BCUT2D eigenvalue weighted by Crippen LogP contribution is 2.29. The van der Waals surface area contributed by atoms with E-state index in [0.29, 0.717) is 22.5 Å². The maximum atomic E-state index is 13.0. The molecule has 2 aromatic carbocycles. The number of halogens is 1. The molecular formula is C19H15ClN2O2. The lowest BCUT2D eigenvalue weighted by atomic mass is 10.1. The van der Waals surface area contributed by atoms with Crippen molar-refractivity contribution < 1.29 is 4.79 Å². The summed E-state index contributed by atoms with van der Waals surface area (Å²) < 4.78 is 1.74. The van der Waals surface area contributed by atoms with Crippen LogP contribution in [0.1, 0.15) is 15.9 Å². The van der Waals surface area contributed by atoms with Crippen molar-refractivity contribution >= 4 is 34.1 Å². The molecule has 0 atom stereocenters. The lowest BCUT2D eigenvalue weighted by molar-refractivity contribution is 0.0988. The van der Waals surface area contributed by atoms with E-state index >= 15 is 0 Å². The summed E-state index contributed by atoms with van der Waals surface area (Å²) in [6.45, 7) is 0.592. The zero-order valence-corrected chi connectivity index (χ0v) is 13.9. The van der Waals surface area contributed by atoms with Gasteiger partial charge in [0, 0.05) is 30.9 Å². The topological polar surface area (TPSA) is 42.3 Å². The summed E-state index contributed by atoms with van der Waals surface area (Å²) in [5.41, 5.74) is 2.55. The van der Waals surface area contributed by atoms with Crippen LogP contribution < -0.4 is 10.3 Å². The SMILES string of the molecule is Cn1cc(C(=O)N2CCc3ccccc32)c(=O)c2cccc(Cl)c21. The van der Waals surface area contributed by atoms with Crippen LogP contribution in [0.3, 0.4) is 0 Å². The minimum atomic E-state index is -0.278. The average Bonchev–Trinajstić information content (AvgIpc) is 3.01. The van der Waals surface area contributed by atoms with E-state index in [4.69, 9.17) is 11.6 Å². The molecule has 4 nitrogen and oxygen atoms in total. The summed E-state index contributed by atoms with van der Waals surface area (Å²) >= 11 is 6.21. The van der Waals surface area contributed by atoms with E-state index in [1.165, 1.54) is 0 Å². The van der Waals surface area contributed by atoms with E-state index in [1.54, 1.807) is 40.9 Å². The highest BCUT2D eigenvalue weighted by atomic mass is 35.5. The highest BCUT2D eigenvalue weighted by Gasteiger charge is 2.27. The predicted octanol–water partition coefficient (Wildman–Crippen LogP) is 3.39. The van der Waals surface area contributed by atoms with Crippen LogP contribution in [0.2, 0.25) is 5.02 Å². The second kappa shape index (κ2) is 5.49. The number of benzene rings is 2. The Morgan fingerprint density at radius 2 is 1.92 bits per heavy atom. The number of para-hydroxylation sites is 2. The molecule has 0 saturated carbocycles. The first-order chi connectivity index (χ1) is 11.6. The molecule has 5 heteroatoms. The number of aryl methyl sites for hydroxylation is 1. The van der Waals surface area contributed by atoms with Gasteiger partial charge < -0.3 is 9.47 Å². The highest BCUT2D eigenvalue weighted by molar-refractivity contribution is 6.35. The first-order valence-electron chi connectivity index (χ1n) is 7.75. The number of carbonyl (C=O) groups excluding carboxylic acids is 1. The molecule has 0 saturated heterocycles. The fraction of sp³-hybridized carbons (Fsp3) is 0.158. The van der Waals surface area contributed by atoms with Crippen LogP contribution in [0.5, 0.6) is 0 Å². The van der Waals surface area contributed by atoms with Gasteiger partial charge in [-0.25, -0.2) is 0 Å². The van der Waals surface area contributed by atoms with Crippen molar-refractivity contribution in [2.45, 2.75) is 6.42 Å². The number of pyridine rings is 1. The smallest absolute Gasteiger partial charge is 0.263 e. The molecule has 1 aliphatic rings. The number of aromatic nitrogens is 1. The second-order valence-corrected chi connectivity index (χ2v) is 6.36. The van der Waals surface area contributed by atoms with E-state index in [2.05, 4.69) is 0 Å². The third kappa shape index (κ3) is 2.14. The maximum absolute atomic E-state index is 13.0. The molecule has 0 radical (unpaired) electrons. The maximum Gasteiger partial charge on any atom is 0.263 e. The second-order valence-electron chi connectivity index (χ2n) is 5.95. The number of fused-ring (bicyclic) bond motifs is 2. The van der Waals surface area contributed by atoms with Gasteiger partial charge in [-0.3, -0.25) is 9.59 Å². The zero-order chi connectivity index (χ0) is 16.8. The molecule has 1 aliphatic heterocycles. The summed E-state index contributed by atoms with van der Waals surface area (Å²) in [5, 5.41) is 0.959. The van der Waals surface area contributed by atoms with Gasteiger partial charge in [-0.05, 0) is 30.2 Å². The number of anilines is 1. The van der Waals surface area contributed by atoms with E-state index in [-0.39, 0.29) is 16.9 Å². The van der Waals surface area contributed by atoms with Crippen molar-refractivity contribution in [3.8, 4) is 0 Å². The van der Waals surface area contributed by atoms with Crippen LogP contribution in [-0.2, 0) is 13.5 Å². The van der Waals surface area contributed by atoms with Crippen LogP contribution in [0.15, 0.2) is 53.5 Å². The van der Waals surface area contributed by atoms with E-state index < -0.39 is 0 Å². The van der Waals surface area contributed by atoms with Crippen LogP contribution in [0, 0.1) is 0 Å². The molecule has 4 rings (SSSR count). The minimum absolute atomic E-state index is 0.170. The molecule has 3 aromatic rings. The molecular weight excluding hydrogens is 324 g/mol. The number of nitrogens with zero attached hydrogens (tertiary/aromatic N) is 2. The molecule has 0 aliphatic carbocycles. The molecule has 1 amide bonds. The van der Waals surface area contributed by atoms with Crippen molar-refractivity contribution in [2.75, 3.05) is 11.4 Å². The Kier molecular flexibility index (Phi) is 3.43. The Hall–Kier alpha value is -2.59. The Morgan fingerprint density at radius 3 is 2.75 bits per heavy atom. The molecule has 24 heavy (non-hydrogen) atoms. The fourth-order valence-corrected chi connectivity index (χ4v) is 3.67. The van der Waals surface area contributed by atoms with Gasteiger partial charge in [0.2, 0.25) is 5.43 Å². The average molecular weight is 339 g/mol. The number of hydrogen-bond donors (Lipinski definition) is 0. The molecule has 2 heterocycles. The van der Waals surface area contributed by atoms with Crippen LogP contribution >= 0.6 is 11.6 Å². The summed E-state index contributed by atoms with van der Waals surface area (Å²) in [6.07, 6.45) is 2.39. The van der Waals surface area contributed by atoms with Gasteiger partial charge >= 0.3 is 0 Å². The predicted molar refractivity (Wildman–Crippen MR) is 96.0 cm³/mol. The molecule has 120 valence electrons. The zero-order valence-electron chi connectivity index (χ0n) is 13.1. The lowest BCUT2D eigenvalue weighted by Gasteiger charge is -2.18. The lowest BCUT2D eigenvalue weighted by Crippen LogP contribution is -2.33. The number of amides is 1. The third-order valence-corrected chi connectivity index (χ3v) is 4.82. The minimum Gasteiger partial charge on any atom is -0.348 e. The normalized spacial score (nSPS) is 13.3. The molecule has 0 spiro atoms. The molecule has 1 aromatic heterocycles. The van der Waals surface area contributed by atoms with Crippen LogP contribution in [0.4, 0.5) is 5.69 Å². The van der Waals surface area contributed by atoms with Crippen LogP contribution in [0.25, 0.3) is 10.9 Å². The Labute approximate surface area is 143 Å². The van der Waals surface area contributed by atoms with E-state index in [0.717, 1.165) is 17.7 Å². The molecule has 0 fully saturated rings. The fourth-order valence-electron chi connectivity index (χ4n) is 3.37. The number of rotatable bonds is 1. The van der Waals surface area contributed by atoms with Crippen molar-refractivity contribution in [2.24, 2.45) is 7.05 Å². The summed E-state index contributed by atoms with van der Waals surface area (Å²) in [5.74, 6) is -0.262. The van der Waals surface area contributed by atoms with Crippen molar-refractivity contribution in [1.82, 2.24) is 4.57 Å². The van der Waals surface area contributed by atoms with Crippen molar-refractivity contribution in [3.05, 3.63) is 75.0 Å². The Bertz CT molecular complexity index is 1040. The number of carbonyl (C=O) groups is 1. The molecule has 0 bridgehead atoms. The monoisotopic (exact) mass is 338 g/mol. The summed E-state index contributed by atoms with van der Waals surface area (Å²) in [6, 6.07) is 13.0. The van der Waals surface area contributed by atoms with Crippen molar-refractivity contribution in [1.29, 1.82) is 0 Å². The van der Waals surface area contributed by atoms with Gasteiger partial charge in [-0.15, -0.1) is 0 Å².